The van der Waals surface area contributed by atoms with E-state index in [4.69, 9.17) is 32.7 Å². The zero-order valence-corrected chi connectivity index (χ0v) is 16.1. The van der Waals surface area contributed by atoms with E-state index in [2.05, 4.69) is 5.32 Å². The smallest absolute Gasteiger partial charge is 0.258 e. The maximum Gasteiger partial charge on any atom is 0.258 e. The SMILES string of the molecule is O=Cc1cc(OCC23CC2(NC(=O)COc2ccc(Cl)c(F)c2)C3)ccc1Cl. The van der Waals surface area contributed by atoms with Crippen LogP contribution in [0, 0.1) is 11.2 Å². The van der Waals surface area contributed by atoms with E-state index in [1.54, 1.807) is 18.2 Å². The second-order valence-corrected chi connectivity index (χ2v) is 8.03. The lowest BCUT2D eigenvalue weighted by Crippen LogP contribution is -2.34. The first kappa shape index (κ1) is 19.0. The van der Waals surface area contributed by atoms with Crippen molar-refractivity contribution in [2.45, 2.75) is 18.4 Å². The van der Waals surface area contributed by atoms with Gasteiger partial charge in [0.2, 0.25) is 0 Å². The maximum atomic E-state index is 13.4. The van der Waals surface area contributed by atoms with Crippen molar-refractivity contribution in [1.29, 1.82) is 0 Å². The number of rotatable bonds is 8. The Bertz CT molecular complexity index is 959. The molecule has 0 heterocycles. The molecule has 28 heavy (non-hydrogen) atoms. The quantitative estimate of drug-likeness (QED) is 0.650. The molecule has 1 N–H and O–H groups in total. The molecule has 0 radical (unpaired) electrons. The van der Waals surface area contributed by atoms with Crippen molar-refractivity contribution in [1.82, 2.24) is 5.32 Å². The lowest BCUT2D eigenvalue weighted by atomic mass is 10.2. The van der Waals surface area contributed by atoms with Crippen molar-refractivity contribution in [3.05, 3.63) is 57.8 Å². The van der Waals surface area contributed by atoms with E-state index in [0.717, 1.165) is 18.9 Å². The highest BCUT2D eigenvalue weighted by molar-refractivity contribution is 6.33. The molecule has 2 saturated carbocycles. The number of amides is 1. The zero-order valence-electron chi connectivity index (χ0n) is 14.6. The largest absolute Gasteiger partial charge is 0.493 e. The summed E-state index contributed by atoms with van der Waals surface area (Å²) in [4.78, 5) is 23.1. The third kappa shape index (κ3) is 3.54. The van der Waals surface area contributed by atoms with Crippen LogP contribution >= 0.6 is 23.2 Å². The number of ether oxygens (including phenoxy) is 2. The van der Waals surface area contributed by atoms with Gasteiger partial charge in [0.15, 0.2) is 12.9 Å². The van der Waals surface area contributed by atoms with Gasteiger partial charge in [0, 0.05) is 17.0 Å². The molecule has 2 aromatic carbocycles. The summed E-state index contributed by atoms with van der Waals surface area (Å²) in [6, 6.07) is 8.93. The van der Waals surface area contributed by atoms with Gasteiger partial charge in [-0.1, -0.05) is 23.2 Å². The summed E-state index contributed by atoms with van der Waals surface area (Å²) in [5, 5.41) is 3.34. The molecule has 4 rings (SSSR count). The van der Waals surface area contributed by atoms with Crippen LogP contribution < -0.4 is 14.8 Å². The summed E-state index contributed by atoms with van der Waals surface area (Å²) >= 11 is 11.5. The molecule has 0 atom stereocenters. The number of carbonyl (C=O) groups is 2. The van der Waals surface area contributed by atoms with Gasteiger partial charge in [-0.25, -0.2) is 4.39 Å². The monoisotopic (exact) mass is 423 g/mol. The topological polar surface area (TPSA) is 64.6 Å². The summed E-state index contributed by atoms with van der Waals surface area (Å²) in [7, 11) is 0. The van der Waals surface area contributed by atoms with Gasteiger partial charge in [-0.05, 0) is 43.2 Å². The third-order valence-electron chi connectivity index (χ3n) is 5.29. The van der Waals surface area contributed by atoms with Gasteiger partial charge < -0.3 is 14.8 Å². The minimum absolute atomic E-state index is 0.00242. The lowest BCUT2D eigenvalue weighted by Gasteiger charge is -2.09. The minimum Gasteiger partial charge on any atom is -0.493 e. The van der Waals surface area contributed by atoms with E-state index in [-0.39, 0.29) is 34.2 Å². The van der Waals surface area contributed by atoms with E-state index >= 15 is 0 Å². The number of carbonyl (C=O) groups excluding carboxylic acids is 2. The standard InChI is InChI=1S/C20H16Cl2FNO4/c21-15-3-1-13(5-12(15)7-25)28-11-19-9-20(19,10-19)24-18(26)8-27-14-2-4-16(22)17(23)6-14/h1-7H,8-11H2,(H,24,26). The first-order chi connectivity index (χ1) is 13.4. The molecule has 0 unspecified atom stereocenters. The Kier molecular flexibility index (Phi) is 4.71. The number of aldehydes is 1. The van der Waals surface area contributed by atoms with Crippen molar-refractivity contribution in [3.63, 3.8) is 0 Å². The van der Waals surface area contributed by atoms with Crippen molar-refractivity contribution in [2.75, 3.05) is 13.2 Å². The van der Waals surface area contributed by atoms with Gasteiger partial charge >= 0.3 is 0 Å². The molecule has 1 amide bonds. The lowest BCUT2D eigenvalue weighted by molar-refractivity contribution is -0.123. The molecule has 2 aromatic rings. The third-order valence-corrected chi connectivity index (χ3v) is 5.95. The highest BCUT2D eigenvalue weighted by Gasteiger charge is 2.84. The molecule has 2 fully saturated rings. The van der Waals surface area contributed by atoms with Crippen molar-refractivity contribution in [3.8, 4) is 11.5 Å². The molecule has 2 aliphatic carbocycles. The molecule has 0 aromatic heterocycles. The molecule has 5 nitrogen and oxygen atoms in total. The number of fused-ring (bicyclic) bond motifs is 1. The molecule has 146 valence electrons. The normalized spacial score (nSPS) is 24.1. The number of nitrogens with one attached hydrogen (secondary N) is 1. The van der Waals surface area contributed by atoms with Crippen LogP contribution in [0.5, 0.6) is 11.5 Å². The predicted octanol–water partition coefficient (Wildman–Crippen LogP) is 4.05. The highest BCUT2D eigenvalue weighted by atomic mass is 35.5. The Morgan fingerprint density at radius 2 is 1.79 bits per heavy atom. The van der Waals surface area contributed by atoms with E-state index in [0.29, 0.717) is 29.2 Å². The van der Waals surface area contributed by atoms with E-state index < -0.39 is 5.82 Å². The van der Waals surface area contributed by atoms with Crippen LogP contribution in [-0.2, 0) is 4.79 Å². The zero-order chi connectivity index (χ0) is 19.9. The number of benzene rings is 2. The van der Waals surface area contributed by atoms with E-state index in [9.17, 15) is 14.0 Å². The molecule has 0 bridgehead atoms. The molecule has 2 aliphatic rings. The molecule has 0 spiro atoms. The molecule has 0 aliphatic heterocycles. The Morgan fingerprint density at radius 1 is 1.11 bits per heavy atom. The average molecular weight is 424 g/mol. The second-order valence-electron chi connectivity index (χ2n) is 7.22. The fourth-order valence-corrected chi connectivity index (χ4v) is 3.70. The average Bonchev–Trinajstić information content (AvgIpc) is 3.48. The summed E-state index contributed by atoms with van der Waals surface area (Å²) < 4.78 is 24.5. The summed E-state index contributed by atoms with van der Waals surface area (Å²) in [6.07, 6.45) is 2.34. The van der Waals surface area contributed by atoms with Crippen LogP contribution in [0.2, 0.25) is 10.0 Å². The van der Waals surface area contributed by atoms with Gasteiger partial charge in [-0.3, -0.25) is 9.59 Å². The minimum atomic E-state index is -0.598. The van der Waals surface area contributed by atoms with Gasteiger partial charge in [0.25, 0.3) is 5.91 Å². The van der Waals surface area contributed by atoms with E-state index in [1.165, 1.54) is 12.1 Å². The van der Waals surface area contributed by atoms with Crippen LogP contribution in [0.25, 0.3) is 0 Å². The summed E-state index contributed by atoms with van der Waals surface area (Å²) in [5.74, 6) is -0.0689. The van der Waals surface area contributed by atoms with Gasteiger partial charge in [-0.2, -0.15) is 0 Å². The molecular weight excluding hydrogens is 408 g/mol. The van der Waals surface area contributed by atoms with Crippen LogP contribution in [0.3, 0.4) is 0 Å². The first-order valence-electron chi connectivity index (χ1n) is 8.63. The highest BCUT2D eigenvalue weighted by Crippen LogP contribution is 2.78. The van der Waals surface area contributed by atoms with Crippen LogP contribution in [0.1, 0.15) is 23.2 Å². The second kappa shape index (κ2) is 6.94. The Morgan fingerprint density at radius 3 is 2.46 bits per heavy atom. The predicted molar refractivity (Wildman–Crippen MR) is 102 cm³/mol. The molecular formula is C20H16Cl2FNO4. The molecule has 8 heteroatoms. The van der Waals surface area contributed by atoms with Gasteiger partial charge in [0.1, 0.15) is 17.3 Å². The van der Waals surface area contributed by atoms with Gasteiger partial charge in [0.05, 0.1) is 22.2 Å². The summed E-state index contributed by atoms with van der Waals surface area (Å²) in [6.45, 7) is 0.232. The number of halogens is 3. The number of hydrogen-bond acceptors (Lipinski definition) is 4. The van der Waals surface area contributed by atoms with Crippen molar-refractivity contribution >= 4 is 35.4 Å². The van der Waals surface area contributed by atoms with Crippen molar-refractivity contribution in [2.24, 2.45) is 5.41 Å². The Hall–Kier alpha value is -2.31. The molecule has 0 saturated heterocycles. The van der Waals surface area contributed by atoms with Crippen LogP contribution in [-0.4, -0.2) is 30.9 Å². The summed E-state index contributed by atoms with van der Waals surface area (Å²) in [5.41, 5.74) is 0.0489. The van der Waals surface area contributed by atoms with Gasteiger partial charge in [-0.15, -0.1) is 0 Å². The number of hydrogen-bond donors (Lipinski definition) is 1. The Labute approximate surface area is 170 Å². The fraction of sp³-hybridized carbons (Fsp3) is 0.300. The van der Waals surface area contributed by atoms with Crippen LogP contribution in [0.4, 0.5) is 4.39 Å². The first-order valence-corrected chi connectivity index (χ1v) is 9.38. The fourth-order valence-electron chi connectivity index (χ4n) is 3.42. The van der Waals surface area contributed by atoms with Crippen molar-refractivity contribution < 1.29 is 23.5 Å². The van der Waals surface area contributed by atoms with Crippen LogP contribution in [0.15, 0.2) is 36.4 Å². The maximum absolute atomic E-state index is 13.4. The van der Waals surface area contributed by atoms with E-state index in [1.807, 2.05) is 0 Å². The Balaban J connectivity index is 1.25.